The number of furan rings is 1. The number of rotatable bonds is 1. The first-order valence-electron chi connectivity index (χ1n) is 4.41. The molecule has 0 aliphatic heterocycles. The van der Waals surface area contributed by atoms with Crippen LogP contribution in [0.2, 0.25) is 0 Å². The summed E-state index contributed by atoms with van der Waals surface area (Å²) in [6, 6.07) is -0.0608. The fourth-order valence-electron chi connectivity index (χ4n) is 0.816. The smallest absolute Gasteiger partial charge is 0.106 e. The van der Waals surface area contributed by atoms with Gasteiger partial charge in [-0.2, -0.15) is 0 Å². The van der Waals surface area contributed by atoms with Crippen LogP contribution in [0, 0.1) is 24.7 Å². The molecule has 0 aliphatic carbocycles. The topological polar surface area (TPSA) is 39.2 Å². The van der Waals surface area contributed by atoms with Gasteiger partial charge in [0.05, 0.1) is 17.9 Å². The second-order valence-corrected chi connectivity index (χ2v) is 3.51. The summed E-state index contributed by atoms with van der Waals surface area (Å²) in [6.45, 7) is 6.08. The van der Waals surface area contributed by atoms with Gasteiger partial charge in [0.15, 0.2) is 0 Å². The Balaban J connectivity index is 2.73. The molecule has 0 aliphatic rings. The van der Waals surface area contributed by atoms with Gasteiger partial charge < -0.3 is 10.2 Å². The molecular formula is C11H15NO. The second kappa shape index (κ2) is 4.15. The summed E-state index contributed by atoms with van der Waals surface area (Å²) >= 11 is 0. The minimum atomic E-state index is -0.0608. The minimum Gasteiger partial charge on any atom is -0.471 e. The Labute approximate surface area is 79.1 Å². The average molecular weight is 177 g/mol. The van der Waals surface area contributed by atoms with Crippen LogP contribution in [0.15, 0.2) is 16.9 Å². The first-order chi connectivity index (χ1) is 6.11. The van der Waals surface area contributed by atoms with Crippen LogP contribution in [0.5, 0.6) is 0 Å². The van der Waals surface area contributed by atoms with Crippen LogP contribution in [0.1, 0.15) is 25.0 Å². The zero-order chi connectivity index (χ0) is 9.84. The van der Waals surface area contributed by atoms with Gasteiger partial charge >= 0.3 is 0 Å². The van der Waals surface area contributed by atoms with Gasteiger partial charge in [0.25, 0.3) is 0 Å². The Morgan fingerprint density at radius 3 is 2.54 bits per heavy atom. The predicted octanol–water partition coefficient (Wildman–Crippen LogP) is 1.92. The molecule has 13 heavy (non-hydrogen) atoms. The van der Waals surface area contributed by atoms with Gasteiger partial charge in [-0.25, -0.2) is 0 Å². The Bertz CT molecular complexity index is 327. The lowest BCUT2D eigenvalue weighted by atomic mass is 10.1. The van der Waals surface area contributed by atoms with Gasteiger partial charge in [0, 0.05) is 5.56 Å². The van der Waals surface area contributed by atoms with Gasteiger partial charge in [0.2, 0.25) is 0 Å². The lowest BCUT2D eigenvalue weighted by Gasteiger charge is -2.06. The minimum absolute atomic E-state index is 0.0608. The number of aryl methyl sites for hydroxylation is 1. The fraction of sp³-hybridized carbons (Fsp3) is 0.455. The van der Waals surface area contributed by atoms with Crippen molar-refractivity contribution in [1.82, 2.24) is 0 Å². The van der Waals surface area contributed by atoms with Crippen molar-refractivity contribution in [2.45, 2.75) is 26.8 Å². The maximum Gasteiger partial charge on any atom is 0.106 e. The van der Waals surface area contributed by atoms with Crippen molar-refractivity contribution in [2.75, 3.05) is 0 Å². The third kappa shape index (κ3) is 2.64. The van der Waals surface area contributed by atoms with E-state index in [1.54, 1.807) is 12.5 Å². The summed E-state index contributed by atoms with van der Waals surface area (Å²) in [5.74, 6) is 6.39. The largest absolute Gasteiger partial charge is 0.471 e. The van der Waals surface area contributed by atoms with Crippen molar-refractivity contribution >= 4 is 0 Å². The van der Waals surface area contributed by atoms with Gasteiger partial charge in [-0.3, -0.25) is 0 Å². The zero-order valence-electron chi connectivity index (χ0n) is 8.29. The third-order valence-corrected chi connectivity index (χ3v) is 1.95. The Kier molecular flexibility index (Phi) is 3.16. The van der Waals surface area contributed by atoms with E-state index in [1.807, 2.05) is 6.92 Å². The predicted molar refractivity (Wildman–Crippen MR) is 53.1 cm³/mol. The summed E-state index contributed by atoms with van der Waals surface area (Å²) in [7, 11) is 0. The van der Waals surface area contributed by atoms with Crippen molar-refractivity contribution < 1.29 is 4.42 Å². The summed E-state index contributed by atoms with van der Waals surface area (Å²) in [4.78, 5) is 0. The molecule has 2 N–H and O–H groups in total. The molecule has 0 aromatic carbocycles. The van der Waals surface area contributed by atoms with Gasteiger partial charge in [-0.1, -0.05) is 25.7 Å². The first-order valence-corrected chi connectivity index (χ1v) is 4.41. The van der Waals surface area contributed by atoms with E-state index in [-0.39, 0.29) is 6.04 Å². The van der Waals surface area contributed by atoms with Crippen LogP contribution in [-0.4, -0.2) is 6.04 Å². The van der Waals surface area contributed by atoms with Crippen molar-refractivity contribution in [3.05, 3.63) is 23.7 Å². The third-order valence-electron chi connectivity index (χ3n) is 1.95. The Hall–Kier alpha value is -1.20. The highest BCUT2D eigenvalue weighted by atomic mass is 16.3. The molecule has 1 heterocycles. The summed E-state index contributed by atoms with van der Waals surface area (Å²) in [5, 5.41) is 0. The van der Waals surface area contributed by atoms with Crippen molar-refractivity contribution in [1.29, 1.82) is 0 Å². The molecule has 0 bridgehead atoms. The van der Waals surface area contributed by atoms with E-state index in [1.165, 1.54) is 0 Å². The zero-order valence-corrected chi connectivity index (χ0v) is 8.29. The van der Waals surface area contributed by atoms with Crippen LogP contribution in [0.25, 0.3) is 0 Å². The molecule has 0 saturated heterocycles. The Morgan fingerprint density at radius 2 is 2.08 bits per heavy atom. The standard InChI is InChI=1S/C11H15NO/c1-8(2)11(12)5-4-10-7-13-6-9(10)3/h6-8,11H,12H2,1-3H3. The van der Waals surface area contributed by atoms with E-state index in [9.17, 15) is 0 Å². The molecule has 1 rings (SSSR count). The first kappa shape index (κ1) is 9.88. The summed E-state index contributed by atoms with van der Waals surface area (Å²) in [5.41, 5.74) is 7.76. The fourth-order valence-corrected chi connectivity index (χ4v) is 0.816. The van der Waals surface area contributed by atoms with E-state index >= 15 is 0 Å². The lowest BCUT2D eigenvalue weighted by Crippen LogP contribution is -2.23. The average Bonchev–Trinajstić information content (AvgIpc) is 2.47. The number of hydrogen-bond donors (Lipinski definition) is 1. The van der Waals surface area contributed by atoms with Gasteiger partial charge in [0.1, 0.15) is 6.26 Å². The summed E-state index contributed by atoms with van der Waals surface area (Å²) < 4.78 is 4.99. The van der Waals surface area contributed by atoms with Gasteiger partial charge in [-0.05, 0) is 12.8 Å². The van der Waals surface area contributed by atoms with Crippen LogP contribution in [0.3, 0.4) is 0 Å². The highest BCUT2D eigenvalue weighted by Crippen LogP contribution is 2.06. The molecule has 0 fully saturated rings. The summed E-state index contributed by atoms with van der Waals surface area (Å²) in [6.07, 6.45) is 3.33. The molecule has 1 unspecified atom stereocenters. The SMILES string of the molecule is Cc1cocc1C#CC(N)C(C)C. The molecule has 0 saturated carbocycles. The molecular weight excluding hydrogens is 162 g/mol. The van der Waals surface area contributed by atoms with E-state index in [0.717, 1.165) is 11.1 Å². The Morgan fingerprint density at radius 1 is 1.38 bits per heavy atom. The van der Waals surface area contributed by atoms with E-state index < -0.39 is 0 Å². The molecule has 70 valence electrons. The van der Waals surface area contributed by atoms with E-state index in [2.05, 4.69) is 25.7 Å². The van der Waals surface area contributed by atoms with Crippen molar-refractivity contribution in [3.8, 4) is 11.8 Å². The maximum atomic E-state index is 5.78. The normalized spacial score (nSPS) is 12.4. The quantitative estimate of drug-likeness (QED) is 0.666. The molecule has 2 nitrogen and oxygen atoms in total. The second-order valence-electron chi connectivity index (χ2n) is 3.51. The van der Waals surface area contributed by atoms with Crippen molar-refractivity contribution in [3.63, 3.8) is 0 Å². The van der Waals surface area contributed by atoms with Crippen LogP contribution < -0.4 is 5.73 Å². The molecule has 0 spiro atoms. The molecule has 0 radical (unpaired) electrons. The van der Waals surface area contributed by atoms with E-state index in [0.29, 0.717) is 5.92 Å². The van der Waals surface area contributed by atoms with Gasteiger partial charge in [-0.15, -0.1) is 0 Å². The molecule has 1 aromatic heterocycles. The van der Waals surface area contributed by atoms with Crippen LogP contribution >= 0.6 is 0 Å². The molecule has 0 amide bonds. The number of hydrogen-bond acceptors (Lipinski definition) is 2. The van der Waals surface area contributed by atoms with Crippen LogP contribution in [0.4, 0.5) is 0 Å². The lowest BCUT2D eigenvalue weighted by molar-refractivity contribution is 0.564. The van der Waals surface area contributed by atoms with Crippen LogP contribution in [-0.2, 0) is 0 Å². The molecule has 2 heteroatoms. The number of nitrogens with two attached hydrogens (primary N) is 1. The monoisotopic (exact) mass is 177 g/mol. The highest BCUT2D eigenvalue weighted by molar-refractivity contribution is 5.38. The van der Waals surface area contributed by atoms with Crippen molar-refractivity contribution in [2.24, 2.45) is 11.7 Å². The molecule has 1 atom stereocenters. The highest BCUT2D eigenvalue weighted by Gasteiger charge is 2.02. The van der Waals surface area contributed by atoms with E-state index in [4.69, 9.17) is 10.2 Å². The molecule has 1 aromatic rings. The maximum absolute atomic E-state index is 5.78.